The highest BCUT2D eigenvalue weighted by Crippen LogP contribution is 2.28. The Kier molecular flexibility index (Phi) is 9.04. The summed E-state index contributed by atoms with van der Waals surface area (Å²) in [6, 6.07) is 22.3. The molecule has 1 heterocycles. The van der Waals surface area contributed by atoms with Gasteiger partial charge in [-0.2, -0.15) is 0 Å². The van der Waals surface area contributed by atoms with E-state index in [9.17, 15) is 14.4 Å². The molecule has 39 heavy (non-hydrogen) atoms. The van der Waals surface area contributed by atoms with E-state index < -0.39 is 0 Å². The van der Waals surface area contributed by atoms with Crippen LogP contribution >= 0.6 is 0 Å². The molecular weight excluding hydrogens is 494 g/mol. The standard InChI is InChI=1S/C30H35N5O4/c1-4-28(36)31-24-12-15-27(26(20-24)29(37)33(2)21-22-8-6-5-7-9-22)34-16-18-35(19-17-34)30(38)32-23-10-13-25(39-3)14-11-23/h5-15,20H,4,16-19,21H2,1-3H3,(H,31,36)(H,32,38). The van der Waals surface area contributed by atoms with Crippen LogP contribution in [0.5, 0.6) is 5.75 Å². The number of hydrogen-bond donors (Lipinski definition) is 2. The summed E-state index contributed by atoms with van der Waals surface area (Å²) in [6.45, 7) is 4.39. The van der Waals surface area contributed by atoms with Gasteiger partial charge in [0.15, 0.2) is 0 Å². The van der Waals surface area contributed by atoms with Crippen molar-refractivity contribution in [3.8, 4) is 5.75 Å². The zero-order valence-corrected chi connectivity index (χ0v) is 22.6. The fraction of sp³-hybridized carbons (Fsp3) is 0.300. The van der Waals surface area contributed by atoms with Gasteiger partial charge in [0.25, 0.3) is 5.91 Å². The predicted octanol–water partition coefficient (Wildman–Crippen LogP) is 4.67. The lowest BCUT2D eigenvalue weighted by Gasteiger charge is -2.37. The smallest absolute Gasteiger partial charge is 0.321 e. The summed E-state index contributed by atoms with van der Waals surface area (Å²) in [6.07, 6.45) is 0.347. The number of carbonyl (C=O) groups is 3. The van der Waals surface area contributed by atoms with Crippen LogP contribution in [-0.2, 0) is 11.3 Å². The van der Waals surface area contributed by atoms with Crippen LogP contribution in [0, 0.1) is 0 Å². The number of benzene rings is 3. The number of hydrogen-bond acceptors (Lipinski definition) is 5. The second-order valence-corrected chi connectivity index (χ2v) is 9.41. The summed E-state index contributed by atoms with van der Waals surface area (Å²) in [5.41, 5.74) is 3.60. The van der Waals surface area contributed by atoms with Gasteiger partial charge in [0.2, 0.25) is 5.91 Å². The van der Waals surface area contributed by atoms with Crippen LogP contribution in [0.15, 0.2) is 72.8 Å². The Morgan fingerprint density at radius 1 is 0.872 bits per heavy atom. The van der Waals surface area contributed by atoms with Crippen molar-refractivity contribution in [2.75, 3.05) is 55.9 Å². The third-order valence-corrected chi connectivity index (χ3v) is 6.69. The van der Waals surface area contributed by atoms with E-state index in [-0.39, 0.29) is 17.8 Å². The fourth-order valence-electron chi connectivity index (χ4n) is 4.47. The zero-order chi connectivity index (χ0) is 27.8. The molecule has 0 bridgehead atoms. The molecule has 0 aromatic heterocycles. The first-order valence-corrected chi connectivity index (χ1v) is 13.1. The Balaban J connectivity index is 1.47. The minimum atomic E-state index is -0.170. The number of methoxy groups -OCH3 is 1. The average molecular weight is 530 g/mol. The highest BCUT2D eigenvalue weighted by atomic mass is 16.5. The van der Waals surface area contributed by atoms with E-state index in [0.717, 1.165) is 17.0 Å². The molecule has 9 heteroatoms. The monoisotopic (exact) mass is 529 g/mol. The molecule has 0 unspecified atom stereocenters. The van der Waals surface area contributed by atoms with Crippen molar-refractivity contribution in [2.24, 2.45) is 0 Å². The van der Waals surface area contributed by atoms with Crippen molar-refractivity contribution in [3.05, 3.63) is 83.9 Å². The van der Waals surface area contributed by atoms with Crippen molar-refractivity contribution in [1.82, 2.24) is 9.80 Å². The lowest BCUT2D eigenvalue weighted by molar-refractivity contribution is -0.115. The maximum absolute atomic E-state index is 13.6. The van der Waals surface area contributed by atoms with E-state index in [2.05, 4.69) is 15.5 Å². The van der Waals surface area contributed by atoms with E-state index in [0.29, 0.717) is 56.1 Å². The minimum Gasteiger partial charge on any atom is -0.497 e. The SMILES string of the molecule is CCC(=O)Nc1ccc(N2CCN(C(=O)Nc3ccc(OC)cc3)CC2)c(C(=O)N(C)Cc2ccccc2)c1. The molecule has 3 aromatic rings. The molecular formula is C30H35N5O4. The molecule has 1 fully saturated rings. The molecule has 1 aliphatic rings. The van der Waals surface area contributed by atoms with Gasteiger partial charge in [-0.3, -0.25) is 9.59 Å². The van der Waals surface area contributed by atoms with Crippen LogP contribution < -0.4 is 20.3 Å². The lowest BCUT2D eigenvalue weighted by Crippen LogP contribution is -2.50. The molecule has 1 saturated heterocycles. The van der Waals surface area contributed by atoms with E-state index in [4.69, 9.17) is 4.74 Å². The molecule has 0 aliphatic carbocycles. The van der Waals surface area contributed by atoms with Crippen LogP contribution in [-0.4, -0.2) is 68.0 Å². The number of rotatable bonds is 8. The van der Waals surface area contributed by atoms with Crippen molar-refractivity contribution in [2.45, 2.75) is 19.9 Å². The van der Waals surface area contributed by atoms with E-state index in [1.807, 2.05) is 42.5 Å². The summed E-state index contributed by atoms with van der Waals surface area (Å²) in [5, 5.41) is 5.79. The first-order valence-electron chi connectivity index (χ1n) is 13.1. The Morgan fingerprint density at radius 3 is 2.18 bits per heavy atom. The van der Waals surface area contributed by atoms with Gasteiger partial charge in [0, 0.05) is 63.3 Å². The van der Waals surface area contributed by atoms with Crippen LogP contribution in [0.4, 0.5) is 21.9 Å². The topological polar surface area (TPSA) is 94.2 Å². The quantitative estimate of drug-likeness (QED) is 0.442. The number of urea groups is 1. The molecule has 0 radical (unpaired) electrons. The maximum atomic E-state index is 13.6. The van der Waals surface area contributed by atoms with Crippen molar-refractivity contribution in [3.63, 3.8) is 0 Å². The van der Waals surface area contributed by atoms with E-state index >= 15 is 0 Å². The van der Waals surface area contributed by atoms with Crippen LogP contribution in [0.3, 0.4) is 0 Å². The summed E-state index contributed by atoms with van der Waals surface area (Å²) in [4.78, 5) is 44.1. The van der Waals surface area contributed by atoms with Crippen molar-refractivity contribution < 1.29 is 19.1 Å². The number of nitrogens with zero attached hydrogens (tertiary/aromatic N) is 3. The van der Waals surface area contributed by atoms with Crippen LogP contribution in [0.2, 0.25) is 0 Å². The molecule has 3 aromatic carbocycles. The number of anilines is 3. The molecule has 0 saturated carbocycles. The molecule has 9 nitrogen and oxygen atoms in total. The van der Waals surface area contributed by atoms with Gasteiger partial charge in [-0.1, -0.05) is 37.3 Å². The third-order valence-electron chi connectivity index (χ3n) is 6.69. The minimum absolute atomic E-state index is 0.115. The van der Waals surface area contributed by atoms with Gasteiger partial charge < -0.3 is 30.1 Å². The average Bonchev–Trinajstić information content (AvgIpc) is 2.97. The number of ether oxygens (including phenoxy) is 1. The van der Waals surface area contributed by atoms with Crippen molar-refractivity contribution in [1.29, 1.82) is 0 Å². The second-order valence-electron chi connectivity index (χ2n) is 9.41. The second kappa shape index (κ2) is 12.8. The maximum Gasteiger partial charge on any atom is 0.321 e. The fourth-order valence-corrected chi connectivity index (χ4v) is 4.47. The Labute approximate surface area is 229 Å². The largest absolute Gasteiger partial charge is 0.497 e. The Bertz CT molecular complexity index is 1290. The van der Waals surface area contributed by atoms with Gasteiger partial charge in [-0.25, -0.2) is 4.79 Å². The predicted molar refractivity (Wildman–Crippen MR) is 153 cm³/mol. The summed E-state index contributed by atoms with van der Waals surface area (Å²) in [7, 11) is 3.38. The third kappa shape index (κ3) is 7.07. The normalized spacial score (nSPS) is 13.0. The number of carbonyl (C=O) groups excluding carboxylic acids is 3. The number of nitrogens with one attached hydrogen (secondary N) is 2. The van der Waals surface area contributed by atoms with Gasteiger partial charge in [0.05, 0.1) is 12.7 Å². The lowest BCUT2D eigenvalue weighted by atomic mass is 10.1. The van der Waals surface area contributed by atoms with Crippen molar-refractivity contribution >= 4 is 34.9 Å². The van der Waals surface area contributed by atoms with Crippen LogP contribution in [0.25, 0.3) is 0 Å². The first-order chi connectivity index (χ1) is 18.9. The molecule has 4 rings (SSSR count). The summed E-state index contributed by atoms with van der Waals surface area (Å²) >= 11 is 0. The molecule has 2 N–H and O–H groups in total. The summed E-state index contributed by atoms with van der Waals surface area (Å²) in [5.74, 6) is 0.470. The first kappa shape index (κ1) is 27.5. The van der Waals surface area contributed by atoms with E-state index in [1.165, 1.54) is 0 Å². The Morgan fingerprint density at radius 2 is 1.54 bits per heavy atom. The zero-order valence-electron chi connectivity index (χ0n) is 22.6. The molecule has 4 amide bonds. The Hall–Kier alpha value is -4.53. The molecule has 1 aliphatic heterocycles. The summed E-state index contributed by atoms with van der Waals surface area (Å²) < 4.78 is 5.17. The van der Waals surface area contributed by atoms with E-state index in [1.54, 1.807) is 61.2 Å². The van der Waals surface area contributed by atoms with Crippen LogP contribution in [0.1, 0.15) is 29.3 Å². The number of amides is 4. The van der Waals surface area contributed by atoms with Gasteiger partial charge in [0.1, 0.15) is 5.75 Å². The molecule has 0 spiro atoms. The van der Waals surface area contributed by atoms with Gasteiger partial charge >= 0.3 is 6.03 Å². The van der Waals surface area contributed by atoms with Gasteiger partial charge in [-0.15, -0.1) is 0 Å². The van der Waals surface area contributed by atoms with Gasteiger partial charge in [-0.05, 0) is 48.0 Å². The number of piperazine rings is 1. The highest BCUT2D eigenvalue weighted by molar-refractivity contribution is 6.02. The molecule has 204 valence electrons. The highest BCUT2D eigenvalue weighted by Gasteiger charge is 2.26. The molecule has 0 atom stereocenters.